The van der Waals surface area contributed by atoms with Gasteiger partial charge in [-0.1, -0.05) is 6.07 Å². The number of halogens is 3. The Hall–Kier alpha value is -2.79. The summed E-state index contributed by atoms with van der Waals surface area (Å²) in [6, 6.07) is 6.14. The van der Waals surface area contributed by atoms with E-state index in [1.54, 1.807) is 18.2 Å². The molecule has 7 nitrogen and oxygen atoms in total. The van der Waals surface area contributed by atoms with E-state index in [0.29, 0.717) is 29.2 Å². The molecule has 0 bridgehead atoms. The van der Waals surface area contributed by atoms with Crippen molar-refractivity contribution in [3.63, 3.8) is 0 Å². The van der Waals surface area contributed by atoms with Crippen LogP contribution in [0.15, 0.2) is 35.2 Å². The number of ether oxygens (including phenoxy) is 2. The molecular formula is C18H15F3N2O5S. The number of sulfonamides is 1. The molecule has 0 spiro atoms. The first-order chi connectivity index (χ1) is 13.8. The van der Waals surface area contributed by atoms with Gasteiger partial charge in [0.1, 0.15) is 4.90 Å². The zero-order valence-electron chi connectivity index (χ0n) is 14.9. The van der Waals surface area contributed by atoms with Crippen molar-refractivity contribution < 1.29 is 35.9 Å². The molecule has 0 unspecified atom stereocenters. The van der Waals surface area contributed by atoms with E-state index in [4.69, 9.17) is 9.47 Å². The number of fused-ring (bicyclic) bond motifs is 1. The summed E-state index contributed by atoms with van der Waals surface area (Å²) in [7, 11) is -4.39. The molecule has 1 saturated heterocycles. The zero-order chi connectivity index (χ0) is 20.8. The molecule has 154 valence electrons. The predicted molar refractivity (Wildman–Crippen MR) is 93.5 cm³/mol. The Bertz CT molecular complexity index is 1090. The van der Waals surface area contributed by atoms with E-state index < -0.39 is 32.4 Å². The number of carbonyl (C=O) groups excluding carboxylic acids is 1. The summed E-state index contributed by atoms with van der Waals surface area (Å²) < 4.78 is 77.3. The summed E-state index contributed by atoms with van der Waals surface area (Å²) in [5.74, 6) is -4.66. The maximum absolute atomic E-state index is 14.0. The topological polar surface area (TPSA) is 76.2 Å². The number of para-hydroxylation sites is 1. The van der Waals surface area contributed by atoms with E-state index >= 15 is 0 Å². The second kappa shape index (κ2) is 7.23. The van der Waals surface area contributed by atoms with E-state index in [1.165, 1.54) is 4.90 Å². The van der Waals surface area contributed by atoms with Crippen LogP contribution in [0, 0.1) is 17.5 Å². The summed E-state index contributed by atoms with van der Waals surface area (Å²) in [4.78, 5) is 13.3. The summed E-state index contributed by atoms with van der Waals surface area (Å²) in [5, 5.41) is 0. The van der Waals surface area contributed by atoms with Crippen molar-refractivity contribution in [2.24, 2.45) is 0 Å². The van der Waals surface area contributed by atoms with Gasteiger partial charge in [-0.05, 0) is 24.3 Å². The summed E-state index contributed by atoms with van der Waals surface area (Å²) in [6.07, 6.45) is 0. The molecule has 2 heterocycles. The zero-order valence-corrected chi connectivity index (χ0v) is 15.7. The van der Waals surface area contributed by atoms with Crippen LogP contribution in [-0.2, 0) is 10.0 Å². The molecule has 0 radical (unpaired) electrons. The molecule has 2 aromatic rings. The lowest BCUT2D eigenvalue weighted by atomic mass is 10.1. The van der Waals surface area contributed by atoms with Crippen LogP contribution < -0.4 is 9.47 Å². The third-order valence-electron chi connectivity index (χ3n) is 4.77. The van der Waals surface area contributed by atoms with Gasteiger partial charge < -0.3 is 14.4 Å². The molecule has 1 fully saturated rings. The fourth-order valence-corrected chi connectivity index (χ4v) is 4.73. The quantitative estimate of drug-likeness (QED) is 0.699. The van der Waals surface area contributed by atoms with Crippen LogP contribution in [0.2, 0.25) is 0 Å². The average molecular weight is 428 g/mol. The Kier molecular flexibility index (Phi) is 4.87. The van der Waals surface area contributed by atoms with E-state index in [9.17, 15) is 26.4 Å². The van der Waals surface area contributed by atoms with Crippen LogP contribution in [0.25, 0.3) is 0 Å². The lowest BCUT2D eigenvalue weighted by Crippen LogP contribution is -2.50. The van der Waals surface area contributed by atoms with E-state index in [-0.39, 0.29) is 38.9 Å². The van der Waals surface area contributed by atoms with Gasteiger partial charge in [0.05, 0.1) is 5.56 Å². The number of benzene rings is 2. The van der Waals surface area contributed by atoms with Crippen LogP contribution in [0.1, 0.15) is 10.4 Å². The SMILES string of the molecule is O=C(c1cccc2c1OCO2)N1CCN(S(=O)(=O)c2ccc(F)c(F)c2F)CC1. The molecule has 2 aliphatic heterocycles. The first-order valence-electron chi connectivity index (χ1n) is 8.62. The molecule has 0 saturated carbocycles. The van der Waals surface area contributed by atoms with Crippen molar-refractivity contribution in [1.82, 2.24) is 9.21 Å². The van der Waals surface area contributed by atoms with Gasteiger partial charge in [-0.25, -0.2) is 21.6 Å². The van der Waals surface area contributed by atoms with Gasteiger partial charge >= 0.3 is 0 Å². The Morgan fingerprint density at radius 3 is 2.38 bits per heavy atom. The fourth-order valence-electron chi connectivity index (χ4n) is 3.25. The number of rotatable bonds is 3. The predicted octanol–water partition coefficient (Wildman–Crippen LogP) is 1.98. The highest BCUT2D eigenvalue weighted by Crippen LogP contribution is 2.36. The Morgan fingerprint density at radius 2 is 1.66 bits per heavy atom. The smallest absolute Gasteiger partial charge is 0.257 e. The highest BCUT2D eigenvalue weighted by molar-refractivity contribution is 7.89. The van der Waals surface area contributed by atoms with Crippen LogP contribution in [0.4, 0.5) is 13.2 Å². The van der Waals surface area contributed by atoms with Gasteiger partial charge in [0.2, 0.25) is 16.8 Å². The lowest BCUT2D eigenvalue weighted by Gasteiger charge is -2.34. The molecule has 29 heavy (non-hydrogen) atoms. The number of piperazine rings is 1. The van der Waals surface area contributed by atoms with E-state index in [0.717, 1.165) is 4.31 Å². The standard InChI is InChI=1S/C18H15F3N2O5S/c19-12-4-5-14(16(21)15(12)20)29(25,26)23-8-6-22(7-9-23)18(24)11-2-1-3-13-17(11)28-10-27-13/h1-5H,6-10H2. The first kappa shape index (κ1) is 19.5. The minimum atomic E-state index is -4.39. The number of hydrogen-bond acceptors (Lipinski definition) is 5. The minimum absolute atomic E-state index is 0.00540. The van der Waals surface area contributed by atoms with Gasteiger partial charge in [0.15, 0.2) is 29.0 Å². The van der Waals surface area contributed by atoms with E-state index in [2.05, 4.69) is 0 Å². The molecule has 2 aromatic carbocycles. The van der Waals surface area contributed by atoms with Gasteiger partial charge in [0, 0.05) is 26.2 Å². The third-order valence-corrected chi connectivity index (χ3v) is 6.69. The molecule has 11 heteroatoms. The number of amides is 1. The number of nitrogens with zero attached hydrogens (tertiary/aromatic N) is 2. The fraction of sp³-hybridized carbons (Fsp3) is 0.278. The Labute approximate surface area is 164 Å². The highest BCUT2D eigenvalue weighted by atomic mass is 32.2. The van der Waals surface area contributed by atoms with Gasteiger partial charge in [-0.3, -0.25) is 4.79 Å². The van der Waals surface area contributed by atoms with Crippen LogP contribution >= 0.6 is 0 Å². The molecule has 0 atom stereocenters. The number of carbonyl (C=O) groups is 1. The van der Waals surface area contributed by atoms with Crippen molar-refractivity contribution in [2.75, 3.05) is 33.0 Å². The van der Waals surface area contributed by atoms with Crippen LogP contribution in [0.5, 0.6) is 11.5 Å². The van der Waals surface area contributed by atoms with Gasteiger partial charge in [-0.15, -0.1) is 0 Å². The van der Waals surface area contributed by atoms with Crippen LogP contribution in [0.3, 0.4) is 0 Å². The van der Waals surface area contributed by atoms with Gasteiger partial charge in [0.25, 0.3) is 5.91 Å². The number of hydrogen-bond donors (Lipinski definition) is 0. The molecule has 0 N–H and O–H groups in total. The van der Waals surface area contributed by atoms with Crippen molar-refractivity contribution in [1.29, 1.82) is 0 Å². The second-order valence-electron chi connectivity index (χ2n) is 6.41. The summed E-state index contributed by atoms with van der Waals surface area (Å²) >= 11 is 0. The maximum atomic E-state index is 14.0. The van der Waals surface area contributed by atoms with Crippen molar-refractivity contribution >= 4 is 15.9 Å². The molecule has 2 aliphatic rings. The highest BCUT2D eigenvalue weighted by Gasteiger charge is 2.34. The molecular weight excluding hydrogens is 413 g/mol. The normalized spacial score (nSPS) is 16.9. The van der Waals surface area contributed by atoms with Crippen molar-refractivity contribution in [3.05, 3.63) is 53.3 Å². The second-order valence-corrected chi connectivity index (χ2v) is 8.32. The van der Waals surface area contributed by atoms with Gasteiger partial charge in [-0.2, -0.15) is 4.31 Å². The van der Waals surface area contributed by atoms with Crippen LogP contribution in [-0.4, -0.2) is 56.5 Å². The molecule has 0 aromatic heterocycles. The monoisotopic (exact) mass is 428 g/mol. The third kappa shape index (κ3) is 3.29. The molecule has 4 rings (SSSR count). The Balaban J connectivity index is 1.51. The minimum Gasteiger partial charge on any atom is -0.454 e. The van der Waals surface area contributed by atoms with E-state index in [1.807, 2.05) is 0 Å². The van der Waals surface area contributed by atoms with Crippen molar-refractivity contribution in [2.45, 2.75) is 4.90 Å². The summed E-state index contributed by atoms with van der Waals surface area (Å²) in [6.45, 7) is -0.176. The lowest BCUT2D eigenvalue weighted by molar-refractivity contribution is 0.0693. The largest absolute Gasteiger partial charge is 0.454 e. The maximum Gasteiger partial charge on any atom is 0.257 e. The first-order valence-corrected chi connectivity index (χ1v) is 10.1. The van der Waals surface area contributed by atoms with Crippen molar-refractivity contribution in [3.8, 4) is 11.5 Å². The summed E-state index contributed by atoms with van der Waals surface area (Å²) in [5.41, 5.74) is 0.294. The Morgan fingerprint density at radius 1 is 0.931 bits per heavy atom. The molecule has 1 amide bonds. The molecule has 0 aliphatic carbocycles. The average Bonchev–Trinajstić information content (AvgIpc) is 3.20.